The first-order chi connectivity index (χ1) is 12.6. The van der Waals surface area contributed by atoms with Crippen molar-refractivity contribution < 1.29 is 14.3 Å². The van der Waals surface area contributed by atoms with Gasteiger partial charge in [0.15, 0.2) is 6.10 Å². The van der Waals surface area contributed by atoms with Gasteiger partial charge in [-0.1, -0.05) is 6.07 Å². The summed E-state index contributed by atoms with van der Waals surface area (Å²) in [6, 6.07) is 9.37. The molecule has 2 aromatic heterocycles. The molecular weight excluding hydrogens is 334 g/mol. The molecule has 0 amide bonds. The standard InChI is InChI=1S/C19H15N3O4/c1-25-17-10-6-15-16-9(5-11-13(20)3-2-4-14(11)21-16)7-22(15)18(23)12(10)8-26-19(17)24/h2-6,17H,7-8,20H2,1H3. The first-order valence-electron chi connectivity index (χ1n) is 8.23. The van der Waals surface area contributed by atoms with Crippen LogP contribution in [0, 0.1) is 0 Å². The molecule has 1 aromatic carbocycles. The van der Waals surface area contributed by atoms with E-state index >= 15 is 0 Å². The van der Waals surface area contributed by atoms with E-state index in [1.165, 1.54) is 7.11 Å². The summed E-state index contributed by atoms with van der Waals surface area (Å²) >= 11 is 0. The number of rotatable bonds is 1. The van der Waals surface area contributed by atoms with Gasteiger partial charge in [0.2, 0.25) is 0 Å². The number of hydrogen-bond donors (Lipinski definition) is 1. The number of fused-ring (bicyclic) bond motifs is 5. The van der Waals surface area contributed by atoms with E-state index < -0.39 is 12.1 Å². The van der Waals surface area contributed by atoms with Crippen LogP contribution in [-0.4, -0.2) is 22.6 Å². The highest BCUT2D eigenvalue weighted by Gasteiger charge is 2.35. The van der Waals surface area contributed by atoms with Gasteiger partial charge in [0.05, 0.1) is 29.0 Å². The molecule has 0 bridgehead atoms. The monoisotopic (exact) mass is 349 g/mol. The average Bonchev–Trinajstić information content (AvgIpc) is 2.99. The van der Waals surface area contributed by atoms with Crippen molar-refractivity contribution in [1.82, 2.24) is 9.55 Å². The third kappa shape index (κ3) is 1.89. The zero-order valence-electron chi connectivity index (χ0n) is 14.0. The lowest BCUT2D eigenvalue weighted by atomic mass is 10.00. The predicted octanol–water partition coefficient (Wildman–Crippen LogP) is 1.75. The molecule has 0 saturated carbocycles. The Labute approximate surface area is 148 Å². The average molecular weight is 349 g/mol. The number of pyridine rings is 2. The SMILES string of the molecule is COC1C(=O)OCc2c1cc1n(c2=O)Cc2cc3c(N)cccc3nc2-1. The molecule has 0 aliphatic carbocycles. The number of carbonyl (C=O) groups excluding carboxylic acids is 1. The third-order valence-electron chi connectivity index (χ3n) is 5.07. The molecular formula is C19H15N3O4. The second-order valence-electron chi connectivity index (χ2n) is 6.49. The van der Waals surface area contributed by atoms with Gasteiger partial charge in [-0.3, -0.25) is 4.79 Å². The van der Waals surface area contributed by atoms with Crippen LogP contribution in [0.4, 0.5) is 5.69 Å². The Hall–Kier alpha value is -3.19. The van der Waals surface area contributed by atoms with Crippen molar-refractivity contribution in [1.29, 1.82) is 0 Å². The highest BCUT2D eigenvalue weighted by Crippen LogP contribution is 2.36. The van der Waals surface area contributed by atoms with Crippen molar-refractivity contribution in [3.8, 4) is 11.4 Å². The molecule has 1 atom stereocenters. The number of aromatic nitrogens is 2. The van der Waals surface area contributed by atoms with Crippen LogP contribution in [0.15, 0.2) is 35.1 Å². The summed E-state index contributed by atoms with van der Waals surface area (Å²) in [5.74, 6) is -0.484. The van der Waals surface area contributed by atoms with E-state index in [9.17, 15) is 9.59 Å². The summed E-state index contributed by atoms with van der Waals surface area (Å²) < 4.78 is 12.0. The van der Waals surface area contributed by atoms with Gasteiger partial charge in [-0.05, 0) is 24.3 Å². The summed E-state index contributed by atoms with van der Waals surface area (Å²) in [7, 11) is 1.42. The quantitative estimate of drug-likeness (QED) is 0.415. The van der Waals surface area contributed by atoms with E-state index in [4.69, 9.17) is 20.2 Å². The number of cyclic esters (lactones) is 1. The van der Waals surface area contributed by atoms with Crippen LogP contribution in [0.5, 0.6) is 0 Å². The Kier molecular flexibility index (Phi) is 2.99. The number of nitrogens with two attached hydrogens (primary N) is 1. The van der Waals surface area contributed by atoms with Gasteiger partial charge in [0.25, 0.3) is 5.56 Å². The number of nitrogens with zero attached hydrogens (tertiary/aromatic N) is 2. The van der Waals surface area contributed by atoms with Crippen molar-refractivity contribution >= 4 is 22.6 Å². The number of benzene rings is 1. The Morgan fingerprint density at radius 2 is 2.15 bits per heavy atom. The van der Waals surface area contributed by atoms with Gasteiger partial charge in [-0.15, -0.1) is 0 Å². The minimum atomic E-state index is -0.891. The van der Waals surface area contributed by atoms with Crippen LogP contribution >= 0.6 is 0 Å². The van der Waals surface area contributed by atoms with E-state index in [1.807, 2.05) is 30.3 Å². The fraction of sp³-hybridized carbons (Fsp3) is 0.211. The van der Waals surface area contributed by atoms with Crippen LogP contribution in [0.25, 0.3) is 22.3 Å². The zero-order chi connectivity index (χ0) is 18.0. The van der Waals surface area contributed by atoms with Crippen molar-refractivity contribution in [2.24, 2.45) is 0 Å². The first kappa shape index (κ1) is 15.1. The molecule has 2 N–H and O–H groups in total. The Bertz CT molecular complexity index is 1170. The largest absolute Gasteiger partial charge is 0.458 e. The zero-order valence-corrected chi connectivity index (χ0v) is 14.0. The molecule has 130 valence electrons. The molecule has 26 heavy (non-hydrogen) atoms. The highest BCUT2D eigenvalue weighted by molar-refractivity contribution is 5.93. The highest BCUT2D eigenvalue weighted by atomic mass is 16.6. The van der Waals surface area contributed by atoms with Gasteiger partial charge in [-0.2, -0.15) is 0 Å². The molecule has 4 heterocycles. The maximum absolute atomic E-state index is 13.0. The number of carbonyl (C=O) groups is 1. The van der Waals surface area contributed by atoms with Crippen LogP contribution in [0.3, 0.4) is 0 Å². The van der Waals surface area contributed by atoms with Gasteiger partial charge in [0.1, 0.15) is 6.61 Å². The van der Waals surface area contributed by atoms with Crippen LogP contribution in [0.2, 0.25) is 0 Å². The predicted molar refractivity (Wildman–Crippen MR) is 94.5 cm³/mol. The molecule has 7 nitrogen and oxygen atoms in total. The lowest BCUT2D eigenvalue weighted by Gasteiger charge is -2.24. The molecule has 0 fully saturated rings. The van der Waals surface area contributed by atoms with Crippen LogP contribution < -0.4 is 11.3 Å². The molecule has 7 heteroatoms. The van der Waals surface area contributed by atoms with E-state index in [0.717, 1.165) is 22.2 Å². The van der Waals surface area contributed by atoms with E-state index in [0.29, 0.717) is 29.1 Å². The smallest absolute Gasteiger partial charge is 0.340 e. The topological polar surface area (TPSA) is 96.4 Å². The number of esters is 1. The van der Waals surface area contributed by atoms with Crippen molar-refractivity contribution in [2.75, 3.05) is 12.8 Å². The maximum Gasteiger partial charge on any atom is 0.340 e. The fourth-order valence-electron chi connectivity index (χ4n) is 3.78. The number of ether oxygens (including phenoxy) is 2. The number of methoxy groups -OCH3 is 1. The van der Waals surface area contributed by atoms with E-state index in [1.54, 1.807) is 4.57 Å². The second kappa shape index (κ2) is 5.15. The van der Waals surface area contributed by atoms with Gasteiger partial charge in [-0.25, -0.2) is 9.78 Å². The molecule has 1 unspecified atom stereocenters. The second-order valence-corrected chi connectivity index (χ2v) is 6.49. The molecule has 3 aromatic rings. The summed E-state index contributed by atoms with van der Waals surface area (Å²) in [6.07, 6.45) is -0.891. The molecule has 2 aliphatic rings. The molecule has 2 aliphatic heterocycles. The normalized spacial score (nSPS) is 17.6. The minimum absolute atomic E-state index is 0.0359. The number of hydrogen-bond acceptors (Lipinski definition) is 6. The van der Waals surface area contributed by atoms with Gasteiger partial charge >= 0.3 is 5.97 Å². The molecule has 0 radical (unpaired) electrons. The summed E-state index contributed by atoms with van der Waals surface area (Å²) in [5.41, 5.74) is 10.7. The van der Waals surface area contributed by atoms with Gasteiger partial charge in [0, 0.05) is 29.3 Å². The molecule has 5 rings (SSSR count). The summed E-state index contributed by atoms with van der Waals surface area (Å²) in [4.78, 5) is 29.7. The fourth-order valence-corrected chi connectivity index (χ4v) is 3.78. The first-order valence-corrected chi connectivity index (χ1v) is 8.23. The van der Waals surface area contributed by atoms with E-state index in [2.05, 4.69) is 0 Å². The Morgan fingerprint density at radius 1 is 1.31 bits per heavy atom. The summed E-state index contributed by atoms with van der Waals surface area (Å²) in [6.45, 7) is 0.380. The number of anilines is 1. The molecule has 0 saturated heterocycles. The van der Waals surface area contributed by atoms with Crippen LogP contribution in [0.1, 0.15) is 22.8 Å². The lowest BCUT2D eigenvalue weighted by Crippen LogP contribution is -2.33. The number of nitrogen functional groups attached to an aromatic ring is 1. The molecule has 0 spiro atoms. The van der Waals surface area contributed by atoms with Crippen LogP contribution in [-0.2, 0) is 27.4 Å². The maximum atomic E-state index is 13.0. The minimum Gasteiger partial charge on any atom is -0.458 e. The Morgan fingerprint density at radius 3 is 2.96 bits per heavy atom. The lowest BCUT2D eigenvalue weighted by molar-refractivity contribution is -0.159. The van der Waals surface area contributed by atoms with E-state index in [-0.39, 0.29) is 12.2 Å². The summed E-state index contributed by atoms with van der Waals surface area (Å²) in [5, 5.41) is 0.866. The third-order valence-corrected chi connectivity index (χ3v) is 5.07. The Balaban J connectivity index is 1.79. The van der Waals surface area contributed by atoms with Crippen molar-refractivity contribution in [2.45, 2.75) is 19.3 Å². The van der Waals surface area contributed by atoms with Crippen molar-refractivity contribution in [3.05, 3.63) is 57.4 Å². The van der Waals surface area contributed by atoms with Gasteiger partial charge < -0.3 is 19.8 Å². The van der Waals surface area contributed by atoms with Crippen molar-refractivity contribution in [3.63, 3.8) is 0 Å².